The van der Waals surface area contributed by atoms with Gasteiger partial charge in [0.15, 0.2) is 0 Å². The Kier molecular flexibility index (Phi) is 8.00. The van der Waals surface area contributed by atoms with Crippen LogP contribution in [0.3, 0.4) is 0 Å². The summed E-state index contributed by atoms with van der Waals surface area (Å²) < 4.78 is 2.81. The Hall–Kier alpha value is -2.26. The van der Waals surface area contributed by atoms with Crippen molar-refractivity contribution >= 4 is 84.9 Å². The summed E-state index contributed by atoms with van der Waals surface area (Å²) in [5.74, 6) is -0.286. The second-order valence-electron chi connectivity index (χ2n) is 9.17. The van der Waals surface area contributed by atoms with Crippen molar-refractivity contribution < 1.29 is 14.4 Å². The fourth-order valence-electron chi connectivity index (χ4n) is 4.71. The third kappa shape index (κ3) is 5.77. The molecule has 5 rings (SSSR count). The zero-order valence-electron chi connectivity index (χ0n) is 19.9. The van der Waals surface area contributed by atoms with Crippen molar-refractivity contribution in [2.45, 2.75) is 38.8 Å². The lowest BCUT2D eigenvalue weighted by Crippen LogP contribution is -2.34. The average molecular weight is 621 g/mol. The maximum absolute atomic E-state index is 13.2. The number of benzene rings is 2. The molecular weight excluding hydrogens is 597 g/mol. The topological polar surface area (TPSA) is 62.6 Å². The van der Waals surface area contributed by atoms with Crippen LogP contribution in [0.1, 0.15) is 36.8 Å². The van der Waals surface area contributed by atoms with Crippen LogP contribution < -0.4 is 0 Å². The van der Waals surface area contributed by atoms with E-state index in [1.165, 1.54) is 4.90 Å². The molecule has 10 heteroatoms. The number of fused-ring (bicyclic) bond motifs is 1. The number of carbonyl (C=O) groups excluding carboxylic acids is 3. The van der Waals surface area contributed by atoms with Crippen LogP contribution in [0.15, 0.2) is 52.0 Å². The molecular formula is C27H24BrCl2N3O3S. The highest BCUT2D eigenvalue weighted by Gasteiger charge is 2.35. The molecule has 0 unspecified atom stereocenters. The third-order valence-electron chi connectivity index (χ3n) is 6.64. The van der Waals surface area contributed by atoms with Gasteiger partial charge in [-0.05, 0) is 66.6 Å². The predicted molar refractivity (Wildman–Crippen MR) is 153 cm³/mol. The van der Waals surface area contributed by atoms with Gasteiger partial charge in [0.05, 0.1) is 11.4 Å². The first kappa shape index (κ1) is 26.4. The van der Waals surface area contributed by atoms with Gasteiger partial charge >= 0.3 is 0 Å². The van der Waals surface area contributed by atoms with Gasteiger partial charge in [0.2, 0.25) is 5.91 Å². The van der Waals surface area contributed by atoms with Gasteiger partial charge in [0.25, 0.3) is 11.1 Å². The van der Waals surface area contributed by atoms with Crippen molar-refractivity contribution in [3.05, 3.63) is 73.1 Å². The van der Waals surface area contributed by atoms with E-state index < -0.39 is 0 Å². The zero-order valence-corrected chi connectivity index (χ0v) is 23.8. The Morgan fingerprint density at radius 2 is 1.78 bits per heavy atom. The number of nitrogens with zero attached hydrogens (tertiary/aromatic N) is 3. The molecule has 0 atom stereocenters. The summed E-state index contributed by atoms with van der Waals surface area (Å²) in [5, 5.41) is 1.42. The Morgan fingerprint density at radius 1 is 1.03 bits per heavy atom. The van der Waals surface area contributed by atoms with Crippen LogP contribution in [-0.2, 0) is 22.7 Å². The minimum atomic E-state index is -0.377. The molecule has 2 aromatic carbocycles. The first-order valence-electron chi connectivity index (χ1n) is 12.1. The molecule has 0 spiro atoms. The molecule has 6 nitrogen and oxygen atoms in total. The van der Waals surface area contributed by atoms with Gasteiger partial charge in [-0.15, -0.1) is 0 Å². The summed E-state index contributed by atoms with van der Waals surface area (Å²) in [6.07, 6.45) is 8.01. The van der Waals surface area contributed by atoms with Crippen LogP contribution in [0.5, 0.6) is 0 Å². The average Bonchev–Trinajstić information content (AvgIpc) is 3.16. The highest BCUT2D eigenvalue weighted by atomic mass is 79.9. The van der Waals surface area contributed by atoms with Crippen LogP contribution >= 0.6 is 50.9 Å². The van der Waals surface area contributed by atoms with Crippen LogP contribution in [0.25, 0.3) is 17.0 Å². The van der Waals surface area contributed by atoms with Gasteiger partial charge in [0.1, 0.15) is 6.54 Å². The van der Waals surface area contributed by atoms with Crippen molar-refractivity contribution in [1.29, 1.82) is 0 Å². The molecule has 2 aliphatic heterocycles. The molecule has 0 aliphatic carbocycles. The molecule has 3 amide bonds. The van der Waals surface area contributed by atoms with Gasteiger partial charge in [-0.1, -0.05) is 58.0 Å². The number of thioether (sulfide) groups is 1. The maximum Gasteiger partial charge on any atom is 0.293 e. The molecule has 2 saturated heterocycles. The Labute approximate surface area is 237 Å². The largest absolute Gasteiger partial charge is 0.341 e. The lowest BCUT2D eigenvalue weighted by molar-refractivity contribution is -0.131. The quantitative estimate of drug-likeness (QED) is 0.280. The SMILES string of the molecule is O=C(Cn1cc(/C=C2\SC(=O)N(Cc3ccc(Cl)cc3Cl)C2=O)c2cc(Br)ccc21)N1CCCCCC1. The monoisotopic (exact) mass is 619 g/mol. The fourth-order valence-corrected chi connectivity index (χ4v) is 6.36. The van der Waals surface area contributed by atoms with Crippen molar-refractivity contribution in [1.82, 2.24) is 14.4 Å². The fraction of sp³-hybridized carbons (Fsp3) is 0.296. The zero-order chi connectivity index (χ0) is 26.1. The molecule has 0 N–H and O–H groups in total. The van der Waals surface area contributed by atoms with E-state index in [2.05, 4.69) is 15.9 Å². The summed E-state index contributed by atoms with van der Waals surface area (Å²) in [7, 11) is 0. The number of likely N-dealkylation sites (tertiary alicyclic amines) is 1. The number of rotatable bonds is 5. The van der Waals surface area contributed by atoms with Gasteiger partial charge in [-0.3, -0.25) is 19.3 Å². The molecule has 1 aromatic heterocycles. The van der Waals surface area contributed by atoms with E-state index in [-0.39, 0.29) is 30.1 Å². The Bertz CT molecular complexity index is 1430. The van der Waals surface area contributed by atoms with E-state index >= 15 is 0 Å². The van der Waals surface area contributed by atoms with Gasteiger partial charge in [-0.2, -0.15) is 0 Å². The normalized spacial score (nSPS) is 17.8. The molecule has 3 heterocycles. The number of carbonyl (C=O) groups is 3. The molecule has 0 radical (unpaired) electrons. The number of hydrogen-bond acceptors (Lipinski definition) is 4. The third-order valence-corrected chi connectivity index (χ3v) is 8.63. The van der Waals surface area contributed by atoms with Gasteiger partial charge < -0.3 is 9.47 Å². The van der Waals surface area contributed by atoms with E-state index in [0.717, 1.165) is 71.5 Å². The second kappa shape index (κ2) is 11.2. The molecule has 37 heavy (non-hydrogen) atoms. The van der Waals surface area contributed by atoms with Crippen molar-refractivity contribution in [3.63, 3.8) is 0 Å². The molecule has 192 valence electrons. The van der Waals surface area contributed by atoms with Crippen LogP contribution in [0, 0.1) is 0 Å². The van der Waals surface area contributed by atoms with E-state index in [1.54, 1.807) is 24.3 Å². The highest BCUT2D eigenvalue weighted by molar-refractivity contribution is 9.10. The van der Waals surface area contributed by atoms with E-state index in [1.807, 2.05) is 33.9 Å². The van der Waals surface area contributed by atoms with E-state index in [0.29, 0.717) is 20.5 Å². The number of imide groups is 1. The minimum absolute atomic E-state index is 0.0651. The van der Waals surface area contributed by atoms with Crippen molar-refractivity contribution in [2.75, 3.05) is 13.1 Å². The number of hydrogen-bond donors (Lipinski definition) is 0. The Morgan fingerprint density at radius 3 is 2.51 bits per heavy atom. The van der Waals surface area contributed by atoms with Gasteiger partial charge in [-0.25, -0.2) is 0 Å². The summed E-state index contributed by atoms with van der Waals surface area (Å²) in [5.41, 5.74) is 2.31. The standard InChI is InChI=1S/C27H24BrCl2N3O3S/c28-19-6-8-23-21(12-19)18(14-32(23)16-25(34)31-9-3-1-2-4-10-31)11-24-26(35)33(27(36)37-24)15-17-5-7-20(29)13-22(17)30/h5-8,11-14H,1-4,9-10,15-16H2/b24-11-. The summed E-state index contributed by atoms with van der Waals surface area (Å²) in [4.78, 5) is 42.5. The van der Waals surface area contributed by atoms with E-state index in [4.69, 9.17) is 23.2 Å². The Balaban J connectivity index is 1.43. The van der Waals surface area contributed by atoms with Crippen LogP contribution in [0.4, 0.5) is 4.79 Å². The molecule has 3 aromatic rings. The lowest BCUT2D eigenvalue weighted by Gasteiger charge is -2.20. The van der Waals surface area contributed by atoms with Crippen LogP contribution in [-0.4, -0.2) is 44.5 Å². The smallest absolute Gasteiger partial charge is 0.293 e. The lowest BCUT2D eigenvalue weighted by atomic mass is 10.1. The maximum atomic E-state index is 13.2. The van der Waals surface area contributed by atoms with Crippen molar-refractivity contribution in [3.8, 4) is 0 Å². The molecule has 2 aliphatic rings. The predicted octanol–water partition coefficient (Wildman–Crippen LogP) is 7.35. The number of amides is 3. The number of aromatic nitrogens is 1. The summed E-state index contributed by atoms with van der Waals surface area (Å²) in [6, 6.07) is 10.8. The summed E-state index contributed by atoms with van der Waals surface area (Å²) >= 11 is 16.7. The van der Waals surface area contributed by atoms with Crippen molar-refractivity contribution in [2.24, 2.45) is 0 Å². The summed E-state index contributed by atoms with van der Waals surface area (Å²) in [6.45, 7) is 1.88. The first-order valence-corrected chi connectivity index (χ1v) is 14.4. The van der Waals surface area contributed by atoms with Crippen LogP contribution in [0.2, 0.25) is 10.0 Å². The first-order chi connectivity index (χ1) is 17.8. The van der Waals surface area contributed by atoms with E-state index in [9.17, 15) is 14.4 Å². The highest BCUT2D eigenvalue weighted by Crippen LogP contribution is 2.36. The minimum Gasteiger partial charge on any atom is -0.341 e. The number of halogens is 3. The molecule has 0 saturated carbocycles. The molecule has 2 fully saturated rings. The second-order valence-corrected chi connectivity index (χ2v) is 11.9. The van der Waals surface area contributed by atoms with Gasteiger partial charge in [0, 0.05) is 50.3 Å². The molecule has 0 bridgehead atoms.